The van der Waals surface area contributed by atoms with Crippen LogP contribution >= 0.6 is 31.9 Å². The quantitative estimate of drug-likeness (QED) is 0.220. The molecule has 6 aliphatic rings. The number of carboxylic acid groups (broad SMARTS) is 2. The van der Waals surface area contributed by atoms with Gasteiger partial charge in [-0.05, 0) is 164 Å². The average Bonchev–Trinajstić information content (AvgIpc) is 4.15. The normalized spacial score (nSPS) is 22.9. The molecule has 8 heteroatoms. The molecule has 6 aliphatic carbocycles. The zero-order chi connectivity index (χ0) is 40.0. The molecule has 0 spiro atoms. The van der Waals surface area contributed by atoms with E-state index in [1.54, 1.807) is 6.92 Å². The molecule has 2 aromatic carbocycles. The van der Waals surface area contributed by atoms with E-state index in [9.17, 15) is 19.8 Å². The van der Waals surface area contributed by atoms with Crippen molar-refractivity contribution in [2.24, 2.45) is 11.8 Å². The number of carbonyl (C=O) groups is 2. The summed E-state index contributed by atoms with van der Waals surface area (Å²) in [5, 5.41) is 27.2. The predicted octanol–water partition coefficient (Wildman–Crippen LogP) is 11.2. The Hall–Kier alpha value is -1.74. The molecule has 57 heavy (non-hydrogen) atoms. The number of carbonyl (C=O) groups excluding carboxylic acids is 1. The van der Waals surface area contributed by atoms with Crippen molar-refractivity contribution in [2.45, 2.75) is 210 Å². The molecule has 0 aromatic heterocycles. The van der Waals surface area contributed by atoms with E-state index in [4.69, 9.17) is 0 Å². The van der Waals surface area contributed by atoms with Gasteiger partial charge in [0.2, 0.25) is 0 Å². The molecule has 0 heterocycles. The van der Waals surface area contributed by atoms with E-state index < -0.39 is 22.8 Å². The number of carboxylic acids is 2. The Morgan fingerprint density at radius 2 is 0.877 bits per heavy atom. The van der Waals surface area contributed by atoms with Crippen molar-refractivity contribution in [1.82, 2.24) is 5.32 Å². The van der Waals surface area contributed by atoms with Gasteiger partial charge in [0.1, 0.15) is 0 Å². The number of nitrogens with one attached hydrogen (secondary N) is 1. The lowest BCUT2D eigenvalue weighted by molar-refractivity contribution is -0.725. The van der Waals surface area contributed by atoms with Gasteiger partial charge < -0.3 is 25.6 Å². The highest BCUT2D eigenvalue weighted by atomic mass is 79.9. The van der Waals surface area contributed by atoms with Crippen LogP contribution in [0, 0.1) is 11.8 Å². The van der Waals surface area contributed by atoms with Gasteiger partial charge in [0.05, 0.1) is 23.5 Å². The van der Waals surface area contributed by atoms with Crippen molar-refractivity contribution in [2.75, 3.05) is 0 Å². The Morgan fingerprint density at radius 1 is 0.561 bits per heavy atom. The Balaban J connectivity index is 0.000000168. The monoisotopic (exact) mass is 914 g/mol. The molecule has 0 aliphatic heterocycles. The summed E-state index contributed by atoms with van der Waals surface area (Å²) in [5.41, 5.74) is 0.218. The third-order valence-electron chi connectivity index (χ3n) is 14.1. The number of halogens is 2. The molecule has 0 amide bonds. The fraction of sp³-hybridized carbons (Fsp3) is 0.714. The number of hydrogen-bond donors (Lipinski definition) is 3. The molecular formula is C49H76Br2N2O4. The second-order valence-electron chi connectivity index (χ2n) is 18.4. The summed E-state index contributed by atoms with van der Waals surface area (Å²) >= 11 is 6.69. The van der Waals surface area contributed by atoms with Gasteiger partial charge in [-0.3, -0.25) is 4.79 Å². The topological polar surface area (TPSA) is 106 Å². The van der Waals surface area contributed by atoms with Gasteiger partial charge in [0.25, 0.3) is 0 Å². The SMILES string of the molecule is C.C1CCC(NC2CCCCC2)CC1.C1CCC([NH2+]C2CCCCC2)CC1.CC(C(=O)O)(c1ccc(Br)cc1)C1CC1.CC(C(=O)[O-])(c1ccc(Br)cc1)C1CC1. The van der Waals surface area contributed by atoms with Gasteiger partial charge >= 0.3 is 5.97 Å². The largest absolute Gasteiger partial charge is 0.549 e. The predicted molar refractivity (Wildman–Crippen MR) is 240 cm³/mol. The van der Waals surface area contributed by atoms with Crippen LogP contribution in [0.2, 0.25) is 0 Å². The van der Waals surface area contributed by atoms with Crippen molar-refractivity contribution in [3.8, 4) is 0 Å². The van der Waals surface area contributed by atoms with Gasteiger partial charge in [0, 0.05) is 26.4 Å². The molecule has 6 fully saturated rings. The lowest BCUT2D eigenvalue weighted by Crippen LogP contribution is -2.95. The van der Waals surface area contributed by atoms with Gasteiger partial charge in [-0.1, -0.05) is 115 Å². The first-order valence-electron chi connectivity index (χ1n) is 22.6. The van der Waals surface area contributed by atoms with Crippen LogP contribution in [0.15, 0.2) is 57.5 Å². The van der Waals surface area contributed by atoms with Gasteiger partial charge in [-0.2, -0.15) is 0 Å². The molecule has 0 bridgehead atoms. The summed E-state index contributed by atoms with van der Waals surface area (Å²) in [6, 6.07) is 18.8. The number of benzene rings is 2. The molecule has 8 rings (SSSR count). The molecule has 2 unspecified atom stereocenters. The molecule has 6 nitrogen and oxygen atoms in total. The fourth-order valence-electron chi connectivity index (χ4n) is 9.88. The smallest absolute Gasteiger partial charge is 0.314 e. The number of quaternary nitrogens is 1. The van der Waals surface area contributed by atoms with Crippen molar-refractivity contribution in [3.63, 3.8) is 0 Å². The van der Waals surface area contributed by atoms with Crippen molar-refractivity contribution >= 4 is 43.8 Å². The molecule has 4 N–H and O–H groups in total. The summed E-state index contributed by atoms with van der Waals surface area (Å²) in [4.78, 5) is 22.6. The zero-order valence-corrected chi connectivity index (χ0v) is 37.7. The van der Waals surface area contributed by atoms with E-state index in [0.29, 0.717) is 5.92 Å². The van der Waals surface area contributed by atoms with Gasteiger partial charge in [0.15, 0.2) is 0 Å². The van der Waals surface area contributed by atoms with Crippen LogP contribution in [0.5, 0.6) is 0 Å². The minimum Gasteiger partial charge on any atom is -0.549 e. The summed E-state index contributed by atoms with van der Waals surface area (Å²) in [6.07, 6.45) is 33.5. The van der Waals surface area contributed by atoms with E-state index in [1.165, 1.54) is 128 Å². The molecular weight excluding hydrogens is 840 g/mol. The first-order chi connectivity index (χ1) is 27.0. The third kappa shape index (κ3) is 14.7. The zero-order valence-electron chi connectivity index (χ0n) is 34.6. The van der Waals surface area contributed by atoms with Crippen LogP contribution in [0.3, 0.4) is 0 Å². The van der Waals surface area contributed by atoms with Gasteiger partial charge in [-0.25, -0.2) is 0 Å². The Morgan fingerprint density at radius 3 is 1.19 bits per heavy atom. The fourth-order valence-corrected chi connectivity index (χ4v) is 10.4. The van der Waals surface area contributed by atoms with Crippen LogP contribution in [0.1, 0.15) is 187 Å². The summed E-state index contributed by atoms with van der Waals surface area (Å²) in [5.74, 6) is -1.14. The molecule has 6 saturated carbocycles. The molecule has 0 radical (unpaired) electrons. The van der Waals surface area contributed by atoms with Crippen LogP contribution in [0.4, 0.5) is 0 Å². The van der Waals surface area contributed by atoms with Crippen LogP contribution in [-0.2, 0) is 20.4 Å². The van der Waals surface area contributed by atoms with E-state index in [-0.39, 0.29) is 13.3 Å². The van der Waals surface area contributed by atoms with Crippen LogP contribution in [0.25, 0.3) is 0 Å². The van der Waals surface area contributed by atoms with E-state index in [2.05, 4.69) is 42.5 Å². The second-order valence-corrected chi connectivity index (χ2v) is 20.2. The van der Waals surface area contributed by atoms with Gasteiger partial charge in [-0.15, -0.1) is 0 Å². The van der Waals surface area contributed by atoms with E-state index in [0.717, 1.165) is 69.9 Å². The van der Waals surface area contributed by atoms with Crippen molar-refractivity contribution < 1.29 is 25.1 Å². The molecule has 2 aromatic rings. The van der Waals surface area contributed by atoms with Crippen molar-refractivity contribution in [1.29, 1.82) is 0 Å². The molecule has 0 saturated heterocycles. The van der Waals surface area contributed by atoms with Crippen LogP contribution < -0.4 is 15.7 Å². The number of rotatable bonds is 10. The number of hydrogen-bond acceptors (Lipinski definition) is 4. The van der Waals surface area contributed by atoms with E-state index >= 15 is 0 Å². The van der Waals surface area contributed by atoms with E-state index in [1.807, 2.05) is 55.5 Å². The number of nitrogens with two attached hydrogens (primary N) is 1. The summed E-state index contributed by atoms with van der Waals surface area (Å²) in [7, 11) is 0. The third-order valence-corrected chi connectivity index (χ3v) is 15.1. The summed E-state index contributed by atoms with van der Waals surface area (Å²) < 4.78 is 1.94. The second kappa shape index (κ2) is 23.9. The lowest BCUT2D eigenvalue weighted by Gasteiger charge is -2.31. The minimum atomic E-state index is -0.965. The maximum atomic E-state index is 11.4. The highest BCUT2D eigenvalue weighted by Crippen LogP contribution is 2.48. The minimum absolute atomic E-state index is 0. The highest BCUT2D eigenvalue weighted by molar-refractivity contribution is 9.10. The maximum absolute atomic E-state index is 11.4. The Kier molecular flexibility index (Phi) is 20.1. The summed E-state index contributed by atoms with van der Waals surface area (Å²) in [6.45, 7) is 3.60. The first-order valence-corrected chi connectivity index (χ1v) is 24.2. The highest BCUT2D eigenvalue weighted by Gasteiger charge is 2.48. The Bertz CT molecular complexity index is 1310. The maximum Gasteiger partial charge on any atom is 0.314 e. The molecule has 320 valence electrons. The lowest BCUT2D eigenvalue weighted by atomic mass is 9.78. The average molecular weight is 917 g/mol. The van der Waals surface area contributed by atoms with Crippen molar-refractivity contribution in [3.05, 3.63) is 68.6 Å². The number of aliphatic carboxylic acids is 2. The molecule has 2 atom stereocenters. The Labute approximate surface area is 363 Å². The standard InChI is InChI=1S/2C12H13BrO2.2C12H23N.CH4/c2*1-12(11(14)15,8-2-3-8)9-4-6-10(13)7-5-9;2*1-3-7-11(8-4-1)13-12-9-5-2-6-10-12;/h2*4-8H,2-3H2,1H3,(H,14,15);2*11-13H,1-10H2;1H4. The van der Waals surface area contributed by atoms with Crippen LogP contribution in [-0.4, -0.2) is 41.2 Å². The first kappa shape index (κ1) is 47.9.